The molecule has 0 saturated heterocycles. The molecule has 1 N–H and O–H groups in total. The van der Waals surface area contributed by atoms with Crippen molar-refractivity contribution >= 4 is 5.97 Å². The van der Waals surface area contributed by atoms with Gasteiger partial charge in [0.05, 0.1) is 13.0 Å². The number of rotatable bonds is 4. The van der Waals surface area contributed by atoms with Crippen LogP contribution >= 0.6 is 0 Å². The van der Waals surface area contributed by atoms with E-state index in [9.17, 15) is 4.79 Å². The van der Waals surface area contributed by atoms with Crippen LogP contribution in [0.4, 0.5) is 0 Å². The van der Waals surface area contributed by atoms with Gasteiger partial charge in [-0.15, -0.1) is 0 Å². The Kier molecular flexibility index (Phi) is 3.09. The maximum Gasteiger partial charge on any atom is 0.304 e. The van der Waals surface area contributed by atoms with Crippen LogP contribution in [0, 0.1) is 0 Å². The lowest BCUT2D eigenvalue weighted by atomic mass is 9.81. The summed E-state index contributed by atoms with van der Waals surface area (Å²) in [4.78, 5) is 10.9. The first-order chi connectivity index (χ1) is 8.05. The van der Waals surface area contributed by atoms with Gasteiger partial charge < -0.3 is 9.84 Å². The van der Waals surface area contributed by atoms with E-state index < -0.39 is 5.97 Å². The van der Waals surface area contributed by atoms with E-state index in [1.54, 1.807) is 0 Å². The third-order valence-corrected chi connectivity index (χ3v) is 3.53. The molecule has 0 spiro atoms. The molecule has 0 bridgehead atoms. The smallest absolute Gasteiger partial charge is 0.304 e. The fraction of sp³-hybridized carbons (Fsp3) is 0.500. The summed E-state index contributed by atoms with van der Waals surface area (Å²) >= 11 is 0. The summed E-state index contributed by atoms with van der Waals surface area (Å²) < 4.78 is 5.46. The summed E-state index contributed by atoms with van der Waals surface area (Å²) in [7, 11) is 0. The summed E-state index contributed by atoms with van der Waals surface area (Å²) in [5.74, 6) is 0.153. The minimum atomic E-state index is -0.728. The Morgan fingerprint density at radius 1 is 1.53 bits per heavy atom. The zero-order chi connectivity index (χ0) is 12.5. The van der Waals surface area contributed by atoms with Gasteiger partial charge in [0.1, 0.15) is 5.75 Å². The molecule has 1 aromatic carbocycles. The molecule has 1 aromatic rings. The van der Waals surface area contributed by atoms with E-state index in [2.05, 4.69) is 0 Å². The highest BCUT2D eigenvalue weighted by atomic mass is 16.5. The molecule has 0 aromatic heterocycles. The summed E-state index contributed by atoms with van der Waals surface area (Å²) in [6, 6.07) is 6.01. The second kappa shape index (κ2) is 4.40. The van der Waals surface area contributed by atoms with Gasteiger partial charge in [-0.3, -0.25) is 4.79 Å². The van der Waals surface area contributed by atoms with Gasteiger partial charge >= 0.3 is 5.97 Å². The van der Waals surface area contributed by atoms with Gasteiger partial charge in [-0.05, 0) is 43.0 Å². The predicted molar refractivity (Wildman–Crippen MR) is 65.5 cm³/mol. The van der Waals surface area contributed by atoms with E-state index in [1.165, 1.54) is 11.1 Å². The minimum absolute atomic E-state index is 0.202. The monoisotopic (exact) mass is 234 g/mol. The van der Waals surface area contributed by atoms with Crippen LogP contribution in [0.15, 0.2) is 18.2 Å². The lowest BCUT2D eigenvalue weighted by Crippen LogP contribution is -2.22. The summed E-state index contributed by atoms with van der Waals surface area (Å²) in [5.41, 5.74) is 2.19. The van der Waals surface area contributed by atoms with Crippen molar-refractivity contribution in [3.05, 3.63) is 29.3 Å². The third-order valence-electron chi connectivity index (χ3n) is 3.53. The van der Waals surface area contributed by atoms with Gasteiger partial charge in [0, 0.05) is 5.41 Å². The number of fused-ring (bicyclic) bond motifs is 1. The topological polar surface area (TPSA) is 46.5 Å². The Morgan fingerprint density at radius 2 is 2.29 bits per heavy atom. The number of hydrogen-bond acceptors (Lipinski definition) is 2. The zero-order valence-electron chi connectivity index (χ0n) is 10.3. The average Bonchev–Trinajstić information content (AvgIpc) is 2.55. The Bertz CT molecular complexity index is 439. The van der Waals surface area contributed by atoms with E-state index >= 15 is 0 Å². The van der Waals surface area contributed by atoms with Crippen LogP contribution in [-0.2, 0) is 16.6 Å². The molecule has 1 aliphatic carbocycles. The number of hydrogen-bond donors (Lipinski definition) is 1. The number of ether oxygens (including phenoxy) is 1. The van der Waals surface area contributed by atoms with E-state index in [-0.39, 0.29) is 11.8 Å². The number of benzene rings is 1. The summed E-state index contributed by atoms with van der Waals surface area (Å²) in [6.45, 7) is 4.65. The molecule has 1 unspecified atom stereocenters. The van der Waals surface area contributed by atoms with Gasteiger partial charge in [-0.1, -0.05) is 13.0 Å². The third kappa shape index (κ3) is 2.28. The summed E-state index contributed by atoms with van der Waals surface area (Å²) in [5, 5.41) is 8.98. The average molecular weight is 234 g/mol. The van der Waals surface area contributed by atoms with Gasteiger partial charge in [0.2, 0.25) is 0 Å². The lowest BCUT2D eigenvalue weighted by molar-refractivity contribution is -0.138. The van der Waals surface area contributed by atoms with Gasteiger partial charge in [0.15, 0.2) is 0 Å². The van der Waals surface area contributed by atoms with E-state index in [0.29, 0.717) is 6.61 Å². The standard InChI is InChI=1S/C14H18O3/c1-3-17-11-4-5-12-10(8-11)6-7-14(12,2)9-13(15)16/h4-5,8H,3,6-7,9H2,1-2H3,(H,15,16). The van der Waals surface area contributed by atoms with Crippen LogP contribution in [0.5, 0.6) is 5.75 Å². The van der Waals surface area contributed by atoms with Gasteiger partial charge in [0.25, 0.3) is 0 Å². The van der Waals surface area contributed by atoms with Crippen molar-refractivity contribution in [3.63, 3.8) is 0 Å². The second-order valence-corrected chi connectivity index (χ2v) is 4.88. The molecule has 0 saturated carbocycles. The Labute approximate surface area is 101 Å². The highest BCUT2D eigenvalue weighted by Crippen LogP contribution is 2.42. The fourth-order valence-electron chi connectivity index (χ4n) is 2.68. The Hall–Kier alpha value is -1.51. The first kappa shape index (κ1) is 12.0. The number of aliphatic carboxylic acids is 1. The highest BCUT2D eigenvalue weighted by Gasteiger charge is 2.36. The van der Waals surface area contributed by atoms with Crippen LogP contribution in [0.3, 0.4) is 0 Å². The maximum atomic E-state index is 10.9. The van der Waals surface area contributed by atoms with E-state index in [4.69, 9.17) is 9.84 Å². The fourth-order valence-corrected chi connectivity index (χ4v) is 2.68. The van der Waals surface area contributed by atoms with Crippen molar-refractivity contribution in [2.75, 3.05) is 6.61 Å². The van der Waals surface area contributed by atoms with Gasteiger partial charge in [-0.25, -0.2) is 0 Å². The summed E-state index contributed by atoms with van der Waals surface area (Å²) in [6.07, 6.45) is 2.05. The molecule has 2 rings (SSSR count). The molecular weight excluding hydrogens is 216 g/mol. The largest absolute Gasteiger partial charge is 0.494 e. The predicted octanol–water partition coefficient (Wildman–Crippen LogP) is 2.76. The first-order valence-electron chi connectivity index (χ1n) is 6.03. The molecule has 0 radical (unpaired) electrons. The normalized spacial score (nSPS) is 22.2. The van der Waals surface area contributed by atoms with Crippen molar-refractivity contribution < 1.29 is 14.6 Å². The van der Waals surface area contributed by atoms with Crippen molar-refractivity contribution in [1.29, 1.82) is 0 Å². The lowest BCUT2D eigenvalue weighted by Gasteiger charge is -2.23. The van der Waals surface area contributed by atoms with Crippen LogP contribution in [-0.4, -0.2) is 17.7 Å². The molecule has 1 atom stereocenters. The number of carboxylic acids is 1. The Morgan fingerprint density at radius 3 is 2.94 bits per heavy atom. The maximum absolute atomic E-state index is 10.9. The molecule has 0 fully saturated rings. The highest BCUT2D eigenvalue weighted by molar-refractivity contribution is 5.69. The molecule has 0 heterocycles. The molecule has 0 amide bonds. The molecule has 1 aliphatic rings. The molecule has 92 valence electrons. The Balaban J connectivity index is 2.29. The van der Waals surface area contributed by atoms with Crippen LogP contribution in [0.1, 0.15) is 37.8 Å². The van der Waals surface area contributed by atoms with E-state index in [1.807, 2.05) is 32.0 Å². The number of carboxylic acid groups (broad SMARTS) is 1. The quantitative estimate of drug-likeness (QED) is 0.871. The molecule has 0 aliphatic heterocycles. The van der Waals surface area contributed by atoms with Crippen LogP contribution in [0.25, 0.3) is 0 Å². The SMILES string of the molecule is CCOc1ccc2c(c1)CCC2(C)CC(=O)O. The first-order valence-corrected chi connectivity index (χ1v) is 6.03. The number of carbonyl (C=O) groups is 1. The van der Waals surface area contributed by atoms with Crippen LogP contribution < -0.4 is 4.74 Å². The van der Waals surface area contributed by atoms with Crippen molar-refractivity contribution in [3.8, 4) is 5.75 Å². The zero-order valence-corrected chi connectivity index (χ0v) is 10.3. The van der Waals surface area contributed by atoms with Crippen LogP contribution in [0.2, 0.25) is 0 Å². The molecular formula is C14H18O3. The van der Waals surface area contributed by atoms with E-state index in [0.717, 1.165) is 18.6 Å². The number of aryl methyl sites for hydroxylation is 1. The van der Waals surface area contributed by atoms with Gasteiger partial charge in [-0.2, -0.15) is 0 Å². The van der Waals surface area contributed by atoms with Crippen molar-refractivity contribution in [2.24, 2.45) is 0 Å². The van der Waals surface area contributed by atoms with Crippen molar-refractivity contribution in [1.82, 2.24) is 0 Å². The second-order valence-electron chi connectivity index (χ2n) is 4.88. The molecule has 3 nitrogen and oxygen atoms in total. The molecule has 17 heavy (non-hydrogen) atoms. The minimum Gasteiger partial charge on any atom is -0.494 e. The van der Waals surface area contributed by atoms with Crippen molar-refractivity contribution in [2.45, 2.75) is 38.5 Å². The molecule has 3 heteroatoms.